The Balaban J connectivity index is 1.59. The summed E-state index contributed by atoms with van der Waals surface area (Å²) in [5, 5.41) is 1.95. The molecule has 0 spiro atoms. The van der Waals surface area contributed by atoms with Gasteiger partial charge in [-0.15, -0.1) is 0 Å². The third-order valence-electron chi connectivity index (χ3n) is 3.75. The summed E-state index contributed by atoms with van der Waals surface area (Å²) in [5.41, 5.74) is -0.168. The topological polar surface area (TPSA) is 73.2 Å². The molecule has 0 saturated heterocycles. The zero-order valence-corrected chi connectivity index (χ0v) is 14.9. The zero-order chi connectivity index (χ0) is 20.3. The smallest absolute Gasteiger partial charge is 0.418 e. The molecule has 1 aromatic heterocycles. The molecule has 0 fully saturated rings. The van der Waals surface area contributed by atoms with Crippen molar-refractivity contribution < 1.29 is 27.5 Å². The van der Waals surface area contributed by atoms with Crippen molar-refractivity contribution in [3.8, 4) is 0 Å². The average molecular weight is 412 g/mol. The fourth-order valence-corrected chi connectivity index (χ4v) is 2.69. The molecule has 6 nitrogen and oxygen atoms in total. The molecule has 0 unspecified atom stereocenters. The van der Waals surface area contributed by atoms with Gasteiger partial charge >= 0.3 is 12.1 Å². The van der Waals surface area contributed by atoms with Gasteiger partial charge in [0, 0.05) is 5.02 Å². The van der Waals surface area contributed by atoms with E-state index in [2.05, 4.69) is 10.3 Å². The van der Waals surface area contributed by atoms with Gasteiger partial charge in [-0.1, -0.05) is 23.7 Å². The number of fused-ring (bicyclic) bond motifs is 1. The first kappa shape index (κ1) is 19.7. The summed E-state index contributed by atoms with van der Waals surface area (Å²) in [7, 11) is 0. The van der Waals surface area contributed by atoms with E-state index in [0.717, 1.165) is 6.07 Å². The number of hydrogen-bond acceptors (Lipinski definition) is 4. The largest absolute Gasteiger partial charge is 0.454 e. The Labute approximate surface area is 161 Å². The highest BCUT2D eigenvalue weighted by atomic mass is 35.5. The number of imidazole rings is 1. The molecular weight excluding hydrogens is 399 g/mol. The van der Waals surface area contributed by atoms with Crippen LogP contribution in [0.5, 0.6) is 0 Å². The number of rotatable bonds is 5. The van der Waals surface area contributed by atoms with Crippen molar-refractivity contribution in [1.82, 2.24) is 9.55 Å². The van der Waals surface area contributed by atoms with Gasteiger partial charge in [0.05, 0.1) is 28.6 Å². The van der Waals surface area contributed by atoms with Crippen LogP contribution >= 0.6 is 11.6 Å². The molecule has 0 saturated carbocycles. The Morgan fingerprint density at radius 3 is 2.68 bits per heavy atom. The van der Waals surface area contributed by atoms with Crippen LogP contribution in [-0.2, 0) is 27.0 Å². The molecule has 1 heterocycles. The molecule has 0 atom stereocenters. The molecule has 0 aliphatic heterocycles. The molecule has 3 rings (SSSR count). The number of nitrogens with zero attached hydrogens (tertiary/aromatic N) is 2. The van der Waals surface area contributed by atoms with Crippen LogP contribution in [0.3, 0.4) is 0 Å². The van der Waals surface area contributed by atoms with E-state index in [1.54, 1.807) is 24.3 Å². The van der Waals surface area contributed by atoms with Crippen molar-refractivity contribution in [2.75, 3.05) is 11.9 Å². The lowest BCUT2D eigenvalue weighted by atomic mass is 10.1. The van der Waals surface area contributed by atoms with Crippen LogP contribution in [-0.4, -0.2) is 28.0 Å². The summed E-state index contributed by atoms with van der Waals surface area (Å²) in [6.45, 7) is -0.923. The van der Waals surface area contributed by atoms with Gasteiger partial charge in [0.15, 0.2) is 6.61 Å². The minimum atomic E-state index is -4.70. The van der Waals surface area contributed by atoms with Crippen LogP contribution in [0, 0.1) is 0 Å². The molecule has 0 aliphatic carbocycles. The number of nitrogens with one attached hydrogen (secondary N) is 1. The fourth-order valence-electron chi connectivity index (χ4n) is 2.51. The van der Waals surface area contributed by atoms with Crippen molar-refractivity contribution in [1.29, 1.82) is 0 Å². The van der Waals surface area contributed by atoms with Gasteiger partial charge in [-0.2, -0.15) is 13.2 Å². The first-order valence-electron chi connectivity index (χ1n) is 7.96. The molecule has 28 heavy (non-hydrogen) atoms. The molecule has 1 amide bonds. The molecule has 3 aromatic rings. The highest BCUT2D eigenvalue weighted by molar-refractivity contribution is 6.30. The van der Waals surface area contributed by atoms with Crippen LogP contribution in [0.2, 0.25) is 5.02 Å². The van der Waals surface area contributed by atoms with E-state index in [9.17, 15) is 22.8 Å². The normalized spacial score (nSPS) is 11.4. The third-order valence-corrected chi connectivity index (χ3v) is 3.99. The van der Waals surface area contributed by atoms with E-state index in [1.807, 2.05) is 0 Å². The van der Waals surface area contributed by atoms with E-state index < -0.39 is 35.9 Å². The SMILES string of the molecule is O=C(COC(=O)Cn1cnc2ccccc21)Nc1ccc(Cl)cc1C(F)(F)F. The summed E-state index contributed by atoms with van der Waals surface area (Å²) in [4.78, 5) is 27.9. The number of aromatic nitrogens is 2. The number of esters is 1. The van der Waals surface area contributed by atoms with Crippen molar-refractivity contribution in [3.63, 3.8) is 0 Å². The highest BCUT2D eigenvalue weighted by Crippen LogP contribution is 2.36. The quantitative estimate of drug-likeness (QED) is 0.646. The lowest BCUT2D eigenvalue weighted by Crippen LogP contribution is -2.24. The van der Waals surface area contributed by atoms with Gasteiger partial charge in [-0.3, -0.25) is 9.59 Å². The number of hydrogen-bond donors (Lipinski definition) is 1. The Morgan fingerprint density at radius 2 is 1.93 bits per heavy atom. The van der Waals surface area contributed by atoms with Gasteiger partial charge in [0.1, 0.15) is 6.54 Å². The van der Waals surface area contributed by atoms with E-state index >= 15 is 0 Å². The molecule has 0 aliphatic rings. The summed E-state index contributed by atoms with van der Waals surface area (Å²) < 4.78 is 45.5. The Kier molecular flexibility index (Phi) is 5.55. The number of ether oxygens (including phenoxy) is 1. The van der Waals surface area contributed by atoms with Crippen LogP contribution in [0.1, 0.15) is 5.56 Å². The van der Waals surface area contributed by atoms with Gasteiger partial charge in [0.25, 0.3) is 5.91 Å². The van der Waals surface area contributed by atoms with Gasteiger partial charge in [-0.25, -0.2) is 4.98 Å². The molecule has 2 aromatic carbocycles. The number of alkyl halides is 3. The van der Waals surface area contributed by atoms with E-state index in [1.165, 1.54) is 17.0 Å². The maximum Gasteiger partial charge on any atom is 0.418 e. The Bertz CT molecular complexity index is 1030. The second kappa shape index (κ2) is 7.89. The van der Waals surface area contributed by atoms with Crippen LogP contribution in [0.4, 0.5) is 18.9 Å². The fraction of sp³-hybridized carbons (Fsp3) is 0.167. The maximum atomic E-state index is 13.0. The second-order valence-electron chi connectivity index (χ2n) is 5.76. The summed E-state index contributed by atoms with van der Waals surface area (Å²) >= 11 is 5.58. The van der Waals surface area contributed by atoms with E-state index in [-0.39, 0.29) is 11.6 Å². The minimum Gasteiger partial charge on any atom is -0.454 e. The summed E-state index contributed by atoms with van der Waals surface area (Å²) in [5.74, 6) is -1.64. The highest BCUT2D eigenvalue weighted by Gasteiger charge is 2.34. The molecule has 1 N–H and O–H groups in total. The first-order valence-corrected chi connectivity index (χ1v) is 8.34. The van der Waals surface area contributed by atoms with E-state index in [4.69, 9.17) is 16.3 Å². The summed E-state index contributed by atoms with van der Waals surface area (Å²) in [6.07, 6.45) is -3.25. The van der Waals surface area contributed by atoms with Crippen LogP contribution in [0.25, 0.3) is 11.0 Å². The standard InChI is InChI=1S/C18H13ClF3N3O3/c19-11-5-6-13(12(7-11)18(20,21)22)24-16(26)9-28-17(27)8-25-10-23-14-3-1-2-4-15(14)25/h1-7,10H,8-9H2,(H,24,26). The third kappa shape index (κ3) is 4.61. The van der Waals surface area contributed by atoms with Crippen molar-refractivity contribution in [3.05, 3.63) is 59.4 Å². The van der Waals surface area contributed by atoms with Gasteiger partial charge in [-0.05, 0) is 30.3 Å². The molecule has 0 radical (unpaired) electrons. The van der Waals surface area contributed by atoms with Crippen molar-refractivity contribution in [2.45, 2.75) is 12.7 Å². The second-order valence-corrected chi connectivity index (χ2v) is 6.19. The first-order chi connectivity index (χ1) is 13.2. The summed E-state index contributed by atoms with van der Waals surface area (Å²) in [6, 6.07) is 10.1. The zero-order valence-electron chi connectivity index (χ0n) is 14.2. The number of carbonyl (C=O) groups excluding carboxylic acids is 2. The average Bonchev–Trinajstić information content (AvgIpc) is 3.04. The minimum absolute atomic E-state index is 0.121. The Morgan fingerprint density at radius 1 is 1.18 bits per heavy atom. The van der Waals surface area contributed by atoms with Crippen molar-refractivity contribution in [2.24, 2.45) is 0 Å². The molecule has 146 valence electrons. The van der Waals surface area contributed by atoms with E-state index in [0.29, 0.717) is 17.1 Å². The van der Waals surface area contributed by atoms with Crippen LogP contribution < -0.4 is 5.32 Å². The predicted molar refractivity (Wildman–Crippen MR) is 95.8 cm³/mol. The monoisotopic (exact) mass is 411 g/mol. The Hall–Kier alpha value is -3.07. The molecule has 10 heteroatoms. The predicted octanol–water partition coefficient (Wildman–Crippen LogP) is 3.89. The number of para-hydroxylation sites is 2. The number of anilines is 1. The molecular formula is C18H13ClF3N3O3. The number of amides is 1. The number of benzene rings is 2. The van der Waals surface area contributed by atoms with Gasteiger partial charge in [0.2, 0.25) is 0 Å². The lowest BCUT2D eigenvalue weighted by Gasteiger charge is -2.14. The van der Waals surface area contributed by atoms with Crippen LogP contribution in [0.15, 0.2) is 48.8 Å². The number of halogens is 4. The maximum absolute atomic E-state index is 13.0. The van der Waals surface area contributed by atoms with Crippen molar-refractivity contribution >= 4 is 40.2 Å². The molecule has 0 bridgehead atoms. The number of carbonyl (C=O) groups is 2. The lowest BCUT2D eigenvalue weighted by molar-refractivity contribution is -0.148. The van der Waals surface area contributed by atoms with Gasteiger partial charge < -0.3 is 14.6 Å².